The molecule has 0 spiro atoms. The number of aromatic nitrogens is 2. The largest absolute Gasteiger partial charge is 0.372 e. The lowest BCUT2D eigenvalue weighted by molar-refractivity contribution is 0.801. The Morgan fingerprint density at radius 1 is 1.16 bits per heavy atom. The highest BCUT2D eigenvalue weighted by Crippen LogP contribution is 2.20. The van der Waals surface area contributed by atoms with Gasteiger partial charge in [-0.15, -0.1) is 0 Å². The predicted octanol–water partition coefficient (Wildman–Crippen LogP) is 2.85. The summed E-state index contributed by atoms with van der Waals surface area (Å²) in [4.78, 5) is 11.0. The molecular formula is C15H20N4. The molecule has 0 bridgehead atoms. The summed E-state index contributed by atoms with van der Waals surface area (Å²) in [6.45, 7) is 6.01. The molecule has 1 N–H and O–H groups in total. The summed E-state index contributed by atoms with van der Waals surface area (Å²) in [5, 5.41) is 2.98. The third-order valence-corrected chi connectivity index (χ3v) is 3.15. The molecule has 0 aliphatic carbocycles. The number of nitrogens with zero attached hydrogens (tertiary/aromatic N) is 3. The van der Waals surface area contributed by atoms with E-state index in [9.17, 15) is 0 Å². The van der Waals surface area contributed by atoms with Crippen molar-refractivity contribution in [3.05, 3.63) is 47.9 Å². The molecule has 1 aromatic heterocycles. The van der Waals surface area contributed by atoms with Crippen LogP contribution in [0.15, 0.2) is 36.7 Å². The number of para-hydroxylation sites is 1. The van der Waals surface area contributed by atoms with Crippen LogP contribution >= 0.6 is 0 Å². The Labute approximate surface area is 114 Å². The third kappa shape index (κ3) is 3.22. The van der Waals surface area contributed by atoms with E-state index < -0.39 is 0 Å². The maximum absolute atomic E-state index is 4.43. The Morgan fingerprint density at radius 3 is 2.53 bits per heavy atom. The summed E-state index contributed by atoms with van der Waals surface area (Å²) in [5.41, 5.74) is 3.51. The zero-order chi connectivity index (χ0) is 13.7. The number of hydrogen-bond donors (Lipinski definition) is 1. The minimum Gasteiger partial charge on any atom is -0.372 e. The Balaban J connectivity index is 2.17. The molecule has 2 aromatic rings. The van der Waals surface area contributed by atoms with E-state index in [-0.39, 0.29) is 0 Å². The van der Waals surface area contributed by atoms with Crippen LogP contribution in [0.4, 0.5) is 11.5 Å². The zero-order valence-electron chi connectivity index (χ0n) is 11.7. The van der Waals surface area contributed by atoms with Gasteiger partial charge in [0.2, 0.25) is 0 Å². The monoisotopic (exact) mass is 256 g/mol. The second kappa shape index (κ2) is 6.18. The first-order valence-electron chi connectivity index (χ1n) is 6.54. The van der Waals surface area contributed by atoms with Gasteiger partial charge in [0.15, 0.2) is 0 Å². The normalized spacial score (nSPS) is 10.3. The first kappa shape index (κ1) is 13.3. The fraction of sp³-hybridized carbons (Fsp3) is 0.333. The number of rotatable bonds is 5. The lowest BCUT2D eigenvalue weighted by Gasteiger charge is -2.24. The lowest BCUT2D eigenvalue weighted by atomic mass is 10.2. The van der Waals surface area contributed by atoms with Crippen molar-refractivity contribution in [1.29, 1.82) is 0 Å². The molecule has 0 radical (unpaired) electrons. The molecule has 4 heteroatoms. The molecule has 0 aliphatic rings. The van der Waals surface area contributed by atoms with Gasteiger partial charge in [0.25, 0.3) is 0 Å². The molecule has 2 rings (SSSR count). The van der Waals surface area contributed by atoms with Crippen LogP contribution in [0.1, 0.15) is 18.2 Å². The van der Waals surface area contributed by atoms with E-state index in [1.54, 1.807) is 6.20 Å². The second-order valence-corrected chi connectivity index (χ2v) is 4.44. The van der Waals surface area contributed by atoms with Crippen LogP contribution in [0.5, 0.6) is 0 Å². The summed E-state index contributed by atoms with van der Waals surface area (Å²) in [6, 6.07) is 8.41. The molecule has 1 heterocycles. The van der Waals surface area contributed by atoms with Crippen molar-refractivity contribution < 1.29 is 0 Å². The Hall–Kier alpha value is -2.10. The lowest BCUT2D eigenvalue weighted by Crippen LogP contribution is -2.23. The Bertz CT molecular complexity index is 522. The molecule has 0 amide bonds. The second-order valence-electron chi connectivity index (χ2n) is 4.44. The zero-order valence-corrected chi connectivity index (χ0v) is 11.7. The molecule has 4 nitrogen and oxygen atoms in total. The van der Waals surface area contributed by atoms with Gasteiger partial charge in [-0.25, -0.2) is 4.98 Å². The molecular weight excluding hydrogens is 236 g/mol. The van der Waals surface area contributed by atoms with Crippen molar-refractivity contribution >= 4 is 11.5 Å². The van der Waals surface area contributed by atoms with Crippen LogP contribution in [-0.4, -0.2) is 23.6 Å². The summed E-state index contributed by atoms with van der Waals surface area (Å²) >= 11 is 0. The van der Waals surface area contributed by atoms with Crippen LogP contribution < -0.4 is 10.2 Å². The first-order valence-corrected chi connectivity index (χ1v) is 6.54. The molecule has 19 heavy (non-hydrogen) atoms. The van der Waals surface area contributed by atoms with Gasteiger partial charge in [-0.05, 0) is 25.5 Å². The van der Waals surface area contributed by atoms with Crippen molar-refractivity contribution in [2.45, 2.75) is 20.4 Å². The van der Waals surface area contributed by atoms with Crippen LogP contribution in [0, 0.1) is 6.92 Å². The average Bonchev–Trinajstić information content (AvgIpc) is 2.46. The van der Waals surface area contributed by atoms with Crippen LogP contribution in [0.2, 0.25) is 0 Å². The van der Waals surface area contributed by atoms with E-state index >= 15 is 0 Å². The third-order valence-electron chi connectivity index (χ3n) is 3.15. The van der Waals surface area contributed by atoms with Gasteiger partial charge in [-0.1, -0.05) is 18.2 Å². The van der Waals surface area contributed by atoms with Gasteiger partial charge in [0.05, 0.1) is 24.6 Å². The minimum absolute atomic E-state index is 0.776. The van der Waals surface area contributed by atoms with E-state index in [4.69, 9.17) is 0 Å². The van der Waals surface area contributed by atoms with Gasteiger partial charge >= 0.3 is 0 Å². The summed E-state index contributed by atoms with van der Waals surface area (Å²) in [6.07, 6.45) is 3.59. The molecule has 0 saturated carbocycles. The smallest absolute Gasteiger partial charge is 0.144 e. The van der Waals surface area contributed by atoms with Crippen LogP contribution in [0.3, 0.4) is 0 Å². The summed E-state index contributed by atoms with van der Waals surface area (Å²) in [5.74, 6) is 0.794. The molecule has 0 aliphatic heterocycles. The van der Waals surface area contributed by atoms with Crippen LogP contribution in [0.25, 0.3) is 0 Å². The van der Waals surface area contributed by atoms with Gasteiger partial charge < -0.3 is 10.2 Å². The maximum atomic E-state index is 4.43. The number of nitrogens with one attached hydrogen (secondary N) is 1. The first-order chi connectivity index (χ1) is 9.24. The Kier molecular flexibility index (Phi) is 4.34. The quantitative estimate of drug-likeness (QED) is 0.893. The summed E-state index contributed by atoms with van der Waals surface area (Å²) in [7, 11) is 1.84. The molecule has 1 aromatic carbocycles. The summed E-state index contributed by atoms with van der Waals surface area (Å²) < 4.78 is 0. The standard InChI is InChI=1S/C15H20N4/c1-4-19(14-8-6-5-7-12(14)2)11-13-9-18-15(16-3)10-17-13/h5-10H,4,11H2,1-3H3,(H,16,18). The average molecular weight is 256 g/mol. The number of benzene rings is 1. The SMILES string of the molecule is CCN(Cc1cnc(NC)cn1)c1ccccc1C. The van der Waals surface area contributed by atoms with Gasteiger partial charge in [-0.2, -0.15) is 0 Å². The van der Waals surface area contributed by atoms with Crippen LogP contribution in [-0.2, 0) is 6.54 Å². The van der Waals surface area contributed by atoms with E-state index in [0.29, 0.717) is 0 Å². The van der Waals surface area contributed by atoms with E-state index in [1.165, 1.54) is 11.3 Å². The van der Waals surface area contributed by atoms with Crippen molar-refractivity contribution in [2.24, 2.45) is 0 Å². The van der Waals surface area contributed by atoms with Crippen molar-refractivity contribution in [3.8, 4) is 0 Å². The van der Waals surface area contributed by atoms with Gasteiger partial charge in [-0.3, -0.25) is 4.98 Å². The van der Waals surface area contributed by atoms with E-state index in [2.05, 4.69) is 58.3 Å². The molecule has 0 fully saturated rings. The number of aryl methyl sites for hydroxylation is 1. The highest BCUT2D eigenvalue weighted by atomic mass is 15.1. The molecule has 0 saturated heterocycles. The number of hydrogen-bond acceptors (Lipinski definition) is 4. The van der Waals surface area contributed by atoms with E-state index in [0.717, 1.165) is 24.6 Å². The molecule has 100 valence electrons. The highest BCUT2D eigenvalue weighted by Gasteiger charge is 2.08. The van der Waals surface area contributed by atoms with E-state index in [1.807, 2.05) is 13.2 Å². The molecule has 0 atom stereocenters. The van der Waals surface area contributed by atoms with Crippen molar-refractivity contribution in [2.75, 3.05) is 23.8 Å². The Morgan fingerprint density at radius 2 is 1.95 bits per heavy atom. The van der Waals surface area contributed by atoms with Gasteiger partial charge in [0, 0.05) is 19.3 Å². The maximum Gasteiger partial charge on any atom is 0.144 e. The fourth-order valence-corrected chi connectivity index (χ4v) is 2.05. The predicted molar refractivity (Wildman–Crippen MR) is 79.5 cm³/mol. The van der Waals surface area contributed by atoms with Crippen molar-refractivity contribution in [1.82, 2.24) is 9.97 Å². The van der Waals surface area contributed by atoms with Crippen molar-refractivity contribution in [3.63, 3.8) is 0 Å². The fourth-order valence-electron chi connectivity index (χ4n) is 2.05. The van der Waals surface area contributed by atoms with Gasteiger partial charge in [0.1, 0.15) is 5.82 Å². The highest BCUT2D eigenvalue weighted by molar-refractivity contribution is 5.53. The number of anilines is 2. The topological polar surface area (TPSA) is 41.1 Å². The molecule has 0 unspecified atom stereocenters. The minimum atomic E-state index is 0.776.